The zero-order chi connectivity index (χ0) is 18.2. The van der Waals surface area contributed by atoms with Crippen molar-refractivity contribution in [3.05, 3.63) is 29.3 Å². The third-order valence-electron chi connectivity index (χ3n) is 4.81. The first kappa shape index (κ1) is 19.4. The fourth-order valence-corrected chi connectivity index (χ4v) is 3.23. The molecule has 2 rings (SSSR count). The van der Waals surface area contributed by atoms with Gasteiger partial charge in [-0.15, -0.1) is 0 Å². The first-order chi connectivity index (χ1) is 12.0. The predicted molar refractivity (Wildman–Crippen MR) is 102 cm³/mol. The standard InChI is InChI=1S/C20H31N3O2/c1-4-5-10-21-20(25)17-8-11-23(12-9-17)14-19(24)22-18-7-6-15(2)13-16(18)3/h6-7,13,17H,4-5,8-12,14H2,1-3H3,(H,21,25)(H,22,24). The van der Waals surface area contributed by atoms with Crippen LogP contribution in [0.5, 0.6) is 0 Å². The van der Waals surface area contributed by atoms with Gasteiger partial charge in [-0.1, -0.05) is 31.0 Å². The Morgan fingerprint density at radius 3 is 2.56 bits per heavy atom. The lowest BCUT2D eigenvalue weighted by Crippen LogP contribution is -2.43. The van der Waals surface area contributed by atoms with Gasteiger partial charge in [0, 0.05) is 18.2 Å². The molecule has 5 heteroatoms. The second kappa shape index (κ2) is 9.56. The molecule has 0 aliphatic carbocycles. The number of aryl methyl sites for hydroxylation is 2. The van der Waals surface area contributed by atoms with Crippen molar-refractivity contribution in [1.29, 1.82) is 0 Å². The third-order valence-corrected chi connectivity index (χ3v) is 4.81. The average molecular weight is 345 g/mol. The van der Waals surface area contributed by atoms with E-state index in [1.807, 2.05) is 26.0 Å². The van der Waals surface area contributed by atoms with E-state index in [-0.39, 0.29) is 17.7 Å². The van der Waals surface area contributed by atoms with E-state index in [1.165, 1.54) is 5.56 Å². The summed E-state index contributed by atoms with van der Waals surface area (Å²) in [6, 6.07) is 6.03. The normalized spacial score (nSPS) is 15.8. The number of carbonyl (C=O) groups is 2. The molecule has 0 saturated carbocycles. The smallest absolute Gasteiger partial charge is 0.238 e. The Labute approximate surface area is 151 Å². The van der Waals surface area contributed by atoms with Crippen LogP contribution in [0.4, 0.5) is 5.69 Å². The van der Waals surface area contributed by atoms with Crippen LogP contribution in [0.1, 0.15) is 43.7 Å². The summed E-state index contributed by atoms with van der Waals surface area (Å²) in [5, 5.41) is 6.01. The van der Waals surface area contributed by atoms with Gasteiger partial charge in [0.2, 0.25) is 11.8 Å². The number of nitrogens with zero attached hydrogens (tertiary/aromatic N) is 1. The van der Waals surface area contributed by atoms with Gasteiger partial charge in [-0.3, -0.25) is 14.5 Å². The number of amides is 2. The Balaban J connectivity index is 1.74. The van der Waals surface area contributed by atoms with Crippen LogP contribution in [0.15, 0.2) is 18.2 Å². The van der Waals surface area contributed by atoms with Crippen molar-refractivity contribution in [1.82, 2.24) is 10.2 Å². The topological polar surface area (TPSA) is 61.4 Å². The molecule has 1 fully saturated rings. The van der Waals surface area contributed by atoms with E-state index in [1.54, 1.807) is 0 Å². The SMILES string of the molecule is CCCCNC(=O)C1CCN(CC(=O)Nc2ccc(C)cc2C)CC1. The van der Waals surface area contributed by atoms with Gasteiger partial charge < -0.3 is 10.6 Å². The van der Waals surface area contributed by atoms with E-state index >= 15 is 0 Å². The van der Waals surface area contributed by atoms with E-state index in [0.29, 0.717) is 6.54 Å². The molecule has 25 heavy (non-hydrogen) atoms. The number of unbranched alkanes of at least 4 members (excludes halogenated alkanes) is 1. The van der Waals surface area contributed by atoms with E-state index in [0.717, 1.165) is 56.6 Å². The third kappa shape index (κ3) is 6.16. The Morgan fingerprint density at radius 1 is 1.20 bits per heavy atom. The zero-order valence-electron chi connectivity index (χ0n) is 15.7. The molecule has 2 N–H and O–H groups in total. The van der Waals surface area contributed by atoms with Gasteiger partial charge >= 0.3 is 0 Å². The van der Waals surface area contributed by atoms with Gasteiger partial charge in [-0.25, -0.2) is 0 Å². The minimum absolute atomic E-state index is 0.0119. The van der Waals surface area contributed by atoms with Crippen molar-refractivity contribution in [2.45, 2.75) is 46.5 Å². The lowest BCUT2D eigenvalue weighted by Gasteiger charge is -2.30. The Morgan fingerprint density at radius 2 is 1.92 bits per heavy atom. The molecule has 0 bridgehead atoms. The summed E-state index contributed by atoms with van der Waals surface area (Å²) < 4.78 is 0. The molecule has 1 aromatic rings. The molecule has 5 nitrogen and oxygen atoms in total. The highest BCUT2D eigenvalue weighted by Gasteiger charge is 2.25. The fraction of sp³-hybridized carbons (Fsp3) is 0.600. The van der Waals surface area contributed by atoms with Crippen molar-refractivity contribution in [2.24, 2.45) is 5.92 Å². The monoisotopic (exact) mass is 345 g/mol. The number of likely N-dealkylation sites (tertiary alicyclic amines) is 1. The first-order valence-electron chi connectivity index (χ1n) is 9.36. The first-order valence-corrected chi connectivity index (χ1v) is 9.36. The quantitative estimate of drug-likeness (QED) is 0.747. The lowest BCUT2D eigenvalue weighted by atomic mass is 9.96. The molecule has 1 aliphatic rings. The van der Waals surface area contributed by atoms with Gasteiger partial charge in [-0.2, -0.15) is 0 Å². The summed E-state index contributed by atoms with van der Waals surface area (Å²) >= 11 is 0. The maximum Gasteiger partial charge on any atom is 0.238 e. The maximum atomic E-state index is 12.3. The lowest BCUT2D eigenvalue weighted by molar-refractivity contribution is -0.126. The summed E-state index contributed by atoms with van der Waals surface area (Å²) in [7, 11) is 0. The van der Waals surface area contributed by atoms with Gasteiger partial charge in [0.1, 0.15) is 0 Å². The molecular formula is C20H31N3O2. The van der Waals surface area contributed by atoms with Gasteiger partial charge in [0.25, 0.3) is 0 Å². The molecule has 1 saturated heterocycles. The van der Waals surface area contributed by atoms with Crippen molar-refractivity contribution >= 4 is 17.5 Å². The summed E-state index contributed by atoms with van der Waals surface area (Å²) in [5.41, 5.74) is 3.14. The van der Waals surface area contributed by atoms with Gasteiger partial charge in [0.05, 0.1) is 6.54 Å². The second-order valence-electron chi connectivity index (χ2n) is 7.06. The van der Waals surface area contributed by atoms with E-state index < -0.39 is 0 Å². The maximum absolute atomic E-state index is 12.3. The highest BCUT2D eigenvalue weighted by atomic mass is 16.2. The van der Waals surface area contributed by atoms with Crippen LogP contribution in [0, 0.1) is 19.8 Å². The second-order valence-corrected chi connectivity index (χ2v) is 7.06. The number of nitrogens with one attached hydrogen (secondary N) is 2. The highest BCUT2D eigenvalue weighted by Crippen LogP contribution is 2.18. The number of carbonyl (C=O) groups excluding carboxylic acids is 2. The molecule has 1 aromatic carbocycles. The number of piperidine rings is 1. The molecule has 0 radical (unpaired) electrons. The Kier molecular flexibility index (Phi) is 7.44. The molecule has 0 spiro atoms. The van der Waals surface area contributed by atoms with Crippen LogP contribution in [0.25, 0.3) is 0 Å². The van der Waals surface area contributed by atoms with E-state index in [4.69, 9.17) is 0 Å². The van der Waals surface area contributed by atoms with Gasteiger partial charge in [0.15, 0.2) is 0 Å². The van der Waals surface area contributed by atoms with Crippen LogP contribution in [0.2, 0.25) is 0 Å². The molecule has 0 atom stereocenters. The van der Waals surface area contributed by atoms with E-state index in [2.05, 4.69) is 28.5 Å². The van der Waals surface area contributed by atoms with Crippen molar-refractivity contribution < 1.29 is 9.59 Å². The minimum Gasteiger partial charge on any atom is -0.356 e. The number of benzene rings is 1. The van der Waals surface area contributed by atoms with Crippen molar-refractivity contribution in [2.75, 3.05) is 31.5 Å². The van der Waals surface area contributed by atoms with Crippen LogP contribution >= 0.6 is 0 Å². The predicted octanol–water partition coefficient (Wildman–Crippen LogP) is 2.87. The van der Waals surface area contributed by atoms with Crippen molar-refractivity contribution in [3.8, 4) is 0 Å². The molecule has 0 aromatic heterocycles. The summed E-state index contributed by atoms with van der Waals surface area (Å²) in [6.07, 6.45) is 3.78. The van der Waals surface area contributed by atoms with Crippen LogP contribution < -0.4 is 10.6 Å². The molecule has 138 valence electrons. The molecular weight excluding hydrogens is 314 g/mol. The Hall–Kier alpha value is -1.88. The fourth-order valence-electron chi connectivity index (χ4n) is 3.23. The number of rotatable bonds is 7. The number of hydrogen-bond acceptors (Lipinski definition) is 3. The van der Waals surface area contributed by atoms with Crippen LogP contribution in [-0.4, -0.2) is 42.9 Å². The Bertz CT molecular complexity index is 593. The number of hydrogen-bond donors (Lipinski definition) is 2. The largest absolute Gasteiger partial charge is 0.356 e. The summed E-state index contributed by atoms with van der Waals surface area (Å²) in [6.45, 7) is 8.92. The number of anilines is 1. The zero-order valence-corrected chi connectivity index (χ0v) is 15.7. The van der Waals surface area contributed by atoms with Crippen LogP contribution in [0.3, 0.4) is 0 Å². The van der Waals surface area contributed by atoms with Crippen LogP contribution in [-0.2, 0) is 9.59 Å². The molecule has 1 heterocycles. The highest BCUT2D eigenvalue weighted by molar-refractivity contribution is 5.93. The summed E-state index contributed by atoms with van der Waals surface area (Å²) in [4.78, 5) is 26.5. The van der Waals surface area contributed by atoms with Gasteiger partial charge in [-0.05, 0) is 57.8 Å². The van der Waals surface area contributed by atoms with Crippen molar-refractivity contribution in [3.63, 3.8) is 0 Å². The summed E-state index contributed by atoms with van der Waals surface area (Å²) in [5.74, 6) is 0.279. The molecule has 2 amide bonds. The minimum atomic E-state index is 0.0119. The average Bonchev–Trinajstić information content (AvgIpc) is 2.58. The molecule has 0 unspecified atom stereocenters. The van der Waals surface area contributed by atoms with E-state index in [9.17, 15) is 9.59 Å². The molecule has 1 aliphatic heterocycles.